The Bertz CT molecular complexity index is 1840. The standard InChI is InChI=1S/C31H29N9O2/c1-2-27(41)38-16-4-7-25(38)31(42)36-23-11-8-19-18-20(9-10-21(19)23)40-29(22-6-3-14-33-28(22)32)35-24-12-13-26(37-30(24)40)39-17-5-15-34-39/h2-3,5-6,9-10,12-15,17-18,23,25H,1,4,7-8,11,16H2,(H2,32,33)(H,36,42)/t23-,25-/m0/s1. The lowest BCUT2D eigenvalue weighted by Crippen LogP contribution is -2.46. The highest BCUT2D eigenvalue weighted by molar-refractivity contribution is 5.93. The molecule has 0 radical (unpaired) electrons. The molecule has 210 valence electrons. The number of likely N-dealkylation sites (tertiary alicyclic amines) is 1. The van der Waals surface area contributed by atoms with Gasteiger partial charge in [0, 0.05) is 30.8 Å². The SMILES string of the molecule is C=CC(=O)N1CCC[C@H]1C(=O)N[C@H]1CCc2cc(-n3c(-c4cccnc4N)nc4ccc(-n5cccn5)nc43)ccc21. The number of carbonyl (C=O) groups excluding carboxylic acids is 2. The zero-order valence-electron chi connectivity index (χ0n) is 22.8. The summed E-state index contributed by atoms with van der Waals surface area (Å²) in [7, 11) is 0. The van der Waals surface area contributed by atoms with E-state index in [1.54, 1.807) is 22.0 Å². The number of benzene rings is 1. The molecule has 0 unspecified atom stereocenters. The molecule has 2 amide bonds. The van der Waals surface area contributed by atoms with Crippen molar-refractivity contribution in [2.75, 3.05) is 12.3 Å². The van der Waals surface area contributed by atoms with Crippen LogP contribution in [0.3, 0.4) is 0 Å². The van der Waals surface area contributed by atoms with Crippen LogP contribution in [0.25, 0.3) is 34.1 Å². The van der Waals surface area contributed by atoms with Gasteiger partial charge >= 0.3 is 0 Å². The highest BCUT2D eigenvalue weighted by atomic mass is 16.2. The average molecular weight is 560 g/mol. The van der Waals surface area contributed by atoms with Crippen molar-refractivity contribution in [3.63, 3.8) is 0 Å². The van der Waals surface area contributed by atoms with E-state index in [0.717, 1.165) is 36.1 Å². The number of nitrogens with zero attached hydrogens (tertiary/aromatic N) is 7. The van der Waals surface area contributed by atoms with E-state index in [9.17, 15) is 9.59 Å². The van der Waals surface area contributed by atoms with Gasteiger partial charge in [-0.25, -0.2) is 19.6 Å². The first-order valence-corrected chi connectivity index (χ1v) is 14.0. The van der Waals surface area contributed by atoms with Crippen LogP contribution in [0.2, 0.25) is 0 Å². The summed E-state index contributed by atoms with van der Waals surface area (Å²) in [6.07, 6.45) is 9.53. The van der Waals surface area contributed by atoms with Gasteiger partial charge in [0.1, 0.15) is 17.4 Å². The lowest BCUT2D eigenvalue weighted by atomic mass is 10.1. The maximum atomic E-state index is 13.2. The third kappa shape index (κ3) is 4.30. The molecule has 0 bridgehead atoms. The summed E-state index contributed by atoms with van der Waals surface area (Å²) in [4.78, 5) is 41.2. The third-order valence-electron chi connectivity index (χ3n) is 8.10. The van der Waals surface area contributed by atoms with Crippen molar-refractivity contribution in [3.8, 4) is 22.9 Å². The largest absolute Gasteiger partial charge is 0.383 e. The first-order chi connectivity index (χ1) is 20.5. The van der Waals surface area contributed by atoms with Crippen LogP contribution in [0.1, 0.15) is 36.4 Å². The van der Waals surface area contributed by atoms with Crippen molar-refractivity contribution in [3.05, 3.63) is 90.9 Å². The Morgan fingerprint density at radius 1 is 1.07 bits per heavy atom. The van der Waals surface area contributed by atoms with Crippen molar-refractivity contribution in [1.29, 1.82) is 0 Å². The topological polar surface area (TPSA) is 137 Å². The minimum atomic E-state index is -0.460. The van der Waals surface area contributed by atoms with Gasteiger partial charge in [0.2, 0.25) is 11.8 Å². The Balaban J connectivity index is 1.26. The lowest BCUT2D eigenvalue weighted by Gasteiger charge is -2.24. The van der Waals surface area contributed by atoms with E-state index in [0.29, 0.717) is 47.2 Å². The van der Waals surface area contributed by atoms with E-state index >= 15 is 0 Å². The molecule has 1 aromatic carbocycles. The van der Waals surface area contributed by atoms with E-state index in [1.165, 1.54) is 6.08 Å². The van der Waals surface area contributed by atoms with Crippen molar-refractivity contribution in [1.82, 2.24) is 39.5 Å². The number of hydrogen-bond acceptors (Lipinski definition) is 7. The average Bonchev–Trinajstić information content (AvgIpc) is 3.82. The number of anilines is 1. The summed E-state index contributed by atoms with van der Waals surface area (Å²) in [6.45, 7) is 4.16. The molecule has 1 aliphatic heterocycles. The number of nitrogens with one attached hydrogen (secondary N) is 1. The van der Waals surface area contributed by atoms with Gasteiger partial charge in [-0.2, -0.15) is 5.10 Å². The highest BCUT2D eigenvalue weighted by Gasteiger charge is 2.35. The second-order valence-corrected chi connectivity index (χ2v) is 10.5. The fraction of sp³-hybridized carbons (Fsp3) is 0.226. The Hall–Kier alpha value is -5.32. The zero-order valence-corrected chi connectivity index (χ0v) is 22.8. The summed E-state index contributed by atoms with van der Waals surface area (Å²) in [5.41, 5.74) is 11.5. The van der Waals surface area contributed by atoms with Crippen LogP contribution in [0.4, 0.5) is 5.82 Å². The molecule has 0 saturated carbocycles. The number of aromatic nitrogens is 6. The first-order valence-electron chi connectivity index (χ1n) is 14.0. The molecule has 1 fully saturated rings. The normalized spacial score (nSPS) is 17.9. The van der Waals surface area contributed by atoms with E-state index in [1.807, 2.05) is 47.2 Å². The quantitative estimate of drug-likeness (QED) is 0.304. The minimum absolute atomic E-state index is 0.116. The van der Waals surface area contributed by atoms with Crippen molar-refractivity contribution in [2.24, 2.45) is 0 Å². The number of nitrogen functional groups attached to an aromatic ring is 1. The number of pyridine rings is 2. The van der Waals surface area contributed by atoms with Gasteiger partial charge in [0.15, 0.2) is 17.3 Å². The number of imidazole rings is 1. The molecule has 7 rings (SSSR count). The van der Waals surface area contributed by atoms with Crippen LogP contribution in [-0.2, 0) is 16.0 Å². The predicted octanol–water partition coefficient (Wildman–Crippen LogP) is 3.53. The number of hydrogen-bond donors (Lipinski definition) is 2. The van der Waals surface area contributed by atoms with E-state index in [4.69, 9.17) is 15.7 Å². The Morgan fingerprint density at radius 2 is 1.98 bits per heavy atom. The Labute approximate surface area is 241 Å². The molecule has 42 heavy (non-hydrogen) atoms. The number of fused-ring (bicyclic) bond motifs is 2. The van der Waals surface area contributed by atoms with Crippen LogP contribution in [0, 0.1) is 0 Å². The molecule has 4 aromatic heterocycles. The summed E-state index contributed by atoms with van der Waals surface area (Å²) in [6, 6.07) is 15.0. The molecule has 1 aliphatic carbocycles. The van der Waals surface area contributed by atoms with Gasteiger partial charge < -0.3 is 16.0 Å². The lowest BCUT2D eigenvalue weighted by molar-refractivity contribution is -0.135. The van der Waals surface area contributed by atoms with Crippen LogP contribution in [0.15, 0.2) is 79.8 Å². The minimum Gasteiger partial charge on any atom is -0.383 e. The zero-order chi connectivity index (χ0) is 28.8. The van der Waals surface area contributed by atoms with Gasteiger partial charge in [-0.15, -0.1) is 0 Å². The van der Waals surface area contributed by atoms with Gasteiger partial charge in [-0.05, 0) is 85.4 Å². The number of aryl methyl sites for hydroxylation is 1. The molecule has 0 spiro atoms. The van der Waals surface area contributed by atoms with Crippen molar-refractivity contribution >= 4 is 28.8 Å². The van der Waals surface area contributed by atoms with Gasteiger partial charge in [-0.3, -0.25) is 14.2 Å². The molecule has 3 N–H and O–H groups in total. The smallest absolute Gasteiger partial charge is 0.246 e. The molecule has 2 atom stereocenters. The monoisotopic (exact) mass is 559 g/mol. The molecule has 5 aromatic rings. The fourth-order valence-electron chi connectivity index (χ4n) is 6.09. The first kappa shape index (κ1) is 25.6. The summed E-state index contributed by atoms with van der Waals surface area (Å²) in [5.74, 6) is 1.36. The van der Waals surface area contributed by atoms with Crippen LogP contribution < -0.4 is 11.1 Å². The van der Waals surface area contributed by atoms with Gasteiger partial charge in [0.05, 0.1) is 11.6 Å². The molecule has 11 heteroatoms. The number of nitrogens with two attached hydrogens (primary N) is 1. The highest BCUT2D eigenvalue weighted by Crippen LogP contribution is 2.36. The molecule has 2 aliphatic rings. The molecular formula is C31H29N9O2. The Morgan fingerprint density at radius 3 is 2.79 bits per heavy atom. The van der Waals surface area contributed by atoms with Crippen LogP contribution in [0.5, 0.6) is 0 Å². The second kappa shape index (κ2) is 10.3. The maximum Gasteiger partial charge on any atom is 0.246 e. The van der Waals surface area contributed by atoms with Crippen LogP contribution >= 0.6 is 0 Å². The number of carbonyl (C=O) groups is 2. The molecule has 1 saturated heterocycles. The maximum absolute atomic E-state index is 13.2. The second-order valence-electron chi connectivity index (χ2n) is 10.5. The molecule has 5 heterocycles. The fourth-order valence-corrected chi connectivity index (χ4v) is 6.09. The third-order valence-corrected chi connectivity index (χ3v) is 8.10. The van der Waals surface area contributed by atoms with Crippen LogP contribution in [-0.4, -0.2) is 58.6 Å². The number of amides is 2. The Kier molecular flexibility index (Phi) is 6.26. The molecular weight excluding hydrogens is 530 g/mol. The van der Waals surface area contributed by atoms with Crippen molar-refractivity contribution in [2.45, 2.75) is 37.8 Å². The predicted molar refractivity (Wildman–Crippen MR) is 158 cm³/mol. The summed E-state index contributed by atoms with van der Waals surface area (Å²) in [5, 5.41) is 7.54. The van der Waals surface area contributed by atoms with Crippen molar-refractivity contribution < 1.29 is 9.59 Å². The summed E-state index contributed by atoms with van der Waals surface area (Å²) >= 11 is 0. The van der Waals surface area contributed by atoms with E-state index < -0.39 is 6.04 Å². The number of rotatable bonds is 6. The summed E-state index contributed by atoms with van der Waals surface area (Å²) < 4.78 is 3.71. The van der Waals surface area contributed by atoms with Gasteiger partial charge in [-0.1, -0.05) is 12.6 Å². The van der Waals surface area contributed by atoms with E-state index in [-0.39, 0.29) is 17.9 Å². The van der Waals surface area contributed by atoms with E-state index in [2.05, 4.69) is 34.1 Å². The van der Waals surface area contributed by atoms with Gasteiger partial charge in [0.25, 0.3) is 0 Å². The molecule has 11 nitrogen and oxygen atoms in total.